The van der Waals surface area contributed by atoms with Crippen molar-refractivity contribution in [1.82, 2.24) is 10.2 Å². The average Bonchev–Trinajstić information content (AvgIpc) is 3.71. The molecule has 4 aliphatic rings. The maximum absolute atomic E-state index is 14.8. The van der Waals surface area contributed by atoms with Gasteiger partial charge >= 0.3 is 5.97 Å². The Hall–Kier alpha value is -3.99. The van der Waals surface area contributed by atoms with Crippen molar-refractivity contribution in [2.24, 2.45) is 11.8 Å². The summed E-state index contributed by atoms with van der Waals surface area (Å²) in [6, 6.07) is 14.5. The summed E-state index contributed by atoms with van der Waals surface area (Å²) in [5.41, 5.74) is -0.0841. The average molecular weight is 662 g/mol. The molecule has 0 saturated carbocycles. The highest BCUT2D eigenvalue weighted by Gasteiger charge is 2.73. The van der Waals surface area contributed by atoms with Crippen LogP contribution in [-0.4, -0.2) is 77.2 Å². The molecule has 0 aromatic heterocycles. The standard InChI is InChI=1S/C36H40ClN3O7/c1-23-31(24-11-5-2-6-12-24)46-35(45)29-27-18-19-36(47-27)30(29)33(43)40(21-9-4-10-22-41)32(36)34(44)39(26-16-14-25(37)15-17-26)20-8-3-7-13-28(42)38-23/h2-3,5-6,8,11-12,14-19,23,27,29-32,41H,4,7,9-10,13,20-22H2,1H3,(H,38,42)/b8-3-/t23-,27+,29-,30-,31+,32+,36-/m1/s1. The van der Waals surface area contributed by atoms with Crippen LogP contribution in [0.2, 0.25) is 5.02 Å². The molecule has 0 unspecified atom stereocenters. The van der Waals surface area contributed by atoms with Crippen molar-refractivity contribution < 1.29 is 33.8 Å². The Balaban J connectivity index is 1.42. The summed E-state index contributed by atoms with van der Waals surface area (Å²) < 4.78 is 12.7. The minimum Gasteiger partial charge on any atom is -0.455 e. The molecule has 5 bridgehead atoms. The minimum atomic E-state index is -1.37. The molecule has 7 atom stereocenters. The molecule has 10 nitrogen and oxygen atoms in total. The topological polar surface area (TPSA) is 125 Å². The number of likely N-dealkylation sites (tertiary alicyclic amines) is 1. The second kappa shape index (κ2) is 14.0. The van der Waals surface area contributed by atoms with Gasteiger partial charge in [-0.25, -0.2) is 0 Å². The summed E-state index contributed by atoms with van der Waals surface area (Å²) in [6.07, 6.45) is 8.09. The number of allylic oxidation sites excluding steroid dienone is 1. The van der Waals surface area contributed by atoms with Crippen LogP contribution in [0.15, 0.2) is 78.9 Å². The Bertz CT molecular complexity index is 1550. The minimum absolute atomic E-state index is 0.0302. The molecule has 2 saturated heterocycles. The molecule has 248 valence electrons. The smallest absolute Gasteiger partial charge is 0.313 e. The van der Waals surface area contributed by atoms with Crippen LogP contribution in [0, 0.1) is 11.8 Å². The summed E-state index contributed by atoms with van der Waals surface area (Å²) in [4.78, 5) is 59.5. The van der Waals surface area contributed by atoms with E-state index in [2.05, 4.69) is 5.32 Å². The highest BCUT2D eigenvalue weighted by atomic mass is 35.5. The number of esters is 1. The molecule has 11 heteroatoms. The summed E-state index contributed by atoms with van der Waals surface area (Å²) in [5, 5.41) is 12.8. The number of nitrogens with one attached hydrogen (secondary N) is 1. The molecule has 2 aromatic rings. The monoisotopic (exact) mass is 661 g/mol. The van der Waals surface area contributed by atoms with Crippen molar-refractivity contribution in [3.63, 3.8) is 0 Å². The Morgan fingerprint density at radius 2 is 1.74 bits per heavy atom. The molecule has 47 heavy (non-hydrogen) atoms. The first-order valence-electron chi connectivity index (χ1n) is 16.3. The molecule has 0 radical (unpaired) electrons. The number of hydrogen-bond donors (Lipinski definition) is 2. The fraction of sp³-hybridized carbons (Fsp3) is 0.444. The van der Waals surface area contributed by atoms with Crippen molar-refractivity contribution in [1.29, 1.82) is 0 Å². The predicted molar refractivity (Wildman–Crippen MR) is 175 cm³/mol. The number of unbranched alkanes of at least 4 members (excludes halogenated alkanes) is 2. The lowest BCUT2D eigenvalue weighted by Gasteiger charge is -2.36. The highest BCUT2D eigenvalue weighted by molar-refractivity contribution is 6.30. The van der Waals surface area contributed by atoms with Crippen molar-refractivity contribution in [3.8, 4) is 0 Å². The number of aliphatic hydroxyl groups excluding tert-OH is 1. The SMILES string of the molecule is C[C@H]1NC(=O)CC/C=C\CN(c2ccc(Cl)cc2)C(=O)[C@@H]2N(CCCCCO)C(=O)[C@H]3[C@H](C(=O)O[C@@H]1c1ccccc1)[C@@H]1C=C[C@]23O1. The molecule has 6 rings (SSSR count). The van der Waals surface area contributed by atoms with E-state index in [1.54, 1.807) is 53.1 Å². The quantitative estimate of drug-likeness (QED) is 0.260. The van der Waals surface area contributed by atoms with E-state index < -0.39 is 47.7 Å². The van der Waals surface area contributed by atoms with E-state index in [9.17, 15) is 24.3 Å². The Kier molecular flexibility index (Phi) is 9.82. The first-order valence-corrected chi connectivity index (χ1v) is 16.7. The van der Waals surface area contributed by atoms with Crippen LogP contribution in [0.4, 0.5) is 5.69 Å². The molecular weight excluding hydrogens is 622 g/mol. The Morgan fingerprint density at radius 3 is 2.49 bits per heavy atom. The second-order valence-corrected chi connectivity index (χ2v) is 13.0. The van der Waals surface area contributed by atoms with Gasteiger partial charge in [-0.2, -0.15) is 0 Å². The van der Waals surface area contributed by atoms with Crippen molar-refractivity contribution >= 4 is 41.0 Å². The van der Waals surface area contributed by atoms with E-state index >= 15 is 0 Å². The van der Waals surface area contributed by atoms with E-state index in [0.717, 1.165) is 0 Å². The molecule has 4 aliphatic heterocycles. The van der Waals surface area contributed by atoms with Crippen LogP contribution in [0.3, 0.4) is 0 Å². The lowest BCUT2D eigenvalue weighted by Crippen LogP contribution is -2.56. The number of nitrogens with zero attached hydrogens (tertiary/aromatic N) is 2. The van der Waals surface area contributed by atoms with Gasteiger partial charge in [0.15, 0.2) is 0 Å². The first kappa shape index (κ1) is 32.9. The molecule has 1 spiro atoms. The van der Waals surface area contributed by atoms with Gasteiger partial charge < -0.3 is 29.7 Å². The van der Waals surface area contributed by atoms with Crippen LogP contribution in [-0.2, 0) is 28.7 Å². The number of carbonyl (C=O) groups is 4. The fourth-order valence-corrected chi connectivity index (χ4v) is 7.46. The lowest BCUT2D eigenvalue weighted by atomic mass is 9.74. The number of benzene rings is 2. The molecule has 4 heterocycles. The third kappa shape index (κ3) is 6.34. The number of aliphatic hydroxyl groups is 1. The van der Waals surface area contributed by atoms with E-state index in [4.69, 9.17) is 21.1 Å². The number of amides is 3. The lowest BCUT2D eigenvalue weighted by molar-refractivity contribution is -0.161. The fourth-order valence-electron chi connectivity index (χ4n) is 7.34. The number of ether oxygens (including phenoxy) is 2. The van der Waals surface area contributed by atoms with Gasteiger partial charge in [0, 0.05) is 36.8 Å². The van der Waals surface area contributed by atoms with Crippen LogP contribution < -0.4 is 10.2 Å². The normalized spacial score (nSPS) is 31.6. The summed E-state index contributed by atoms with van der Waals surface area (Å²) in [7, 11) is 0. The summed E-state index contributed by atoms with van der Waals surface area (Å²) >= 11 is 6.19. The predicted octanol–water partition coefficient (Wildman–Crippen LogP) is 4.13. The number of anilines is 1. The number of carbonyl (C=O) groups excluding carboxylic acids is 4. The van der Waals surface area contributed by atoms with E-state index in [-0.39, 0.29) is 43.8 Å². The maximum Gasteiger partial charge on any atom is 0.313 e. The van der Waals surface area contributed by atoms with Gasteiger partial charge in [0.1, 0.15) is 23.7 Å². The van der Waals surface area contributed by atoms with Crippen LogP contribution in [0.25, 0.3) is 0 Å². The van der Waals surface area contributed by atoms with E-state index in [1.165, 1.54) is 0 Å². The van der Waals surface area contributed by atoms with Gasteiger partial charge in [0.05, 0.1) is 18.1 Å². The van der Waals surface area contributed by atoms with Crippen molar-refractivity contribution in [2.75, 3.05) is 24.6 Å². The van der Waals surface area contributed by atoms with Crippen LogP contribution in [0.5, 0.6) is 0 Å². The molecule has 2 N–H and O–H groups in total. The van der Waals surface area contributed by atoms with Gasteiger partial charge in [-0.15, -0.1) is 0 Å². The third-order valence-corrected chi connectivity index (χ3v) is 9.80. The van der Waals surface area contributed by atoms with Gasteiger partial charge in [0.25, 0.3) is 5.91 Å². The maximum atomic E-state index is 14.8. The molecule has 3 amide bonds. The zero-order chi connectivity index (χ0) is 33.1. The number of rotatable bonds is 7. The number of fused-ring (bicyclic) bond motifs is 2. The number of halogens is 1. The number of cyclic esters (lactones) is 1. The largest absolute Gasteiger partial charge is 0.455 e. The van der Waals surface area contributed by atoms with Gasteiger partial charge in [0.2, 0.25) is 11.8 Å². The van der Waals surface area contributed by atoms with E-state index in [0.29, 0.717) is 42.0 Å². The highest BCUT2D eigenvalue weighted by Crippen LogP contribution is 2.56. The van der Waals surface area contributed by atoms with Gasteiger partial charge in [-0.05, 0) is 62.4 Å². The molecule has 2 fully saturated rings. The van der Waals surface area contributed by atoms with Gasteiger partial charge in [-0.3, -0.25) is 19.2 Å². The molecule has 2 aromatic carbocycles. The summed E-state index contributed by atoms with van der Waals surface area (Å²) in [6.45, 7) is 2.26. The third-order valence-electron chi connectivity index (χ3n) is 9.55. The van der Waals surface area contributed by atoms with Crippen LogP contribution in [0.1, 0.15) is 50.7 Å². The first-order chi connectivity index (χ1) is 22.7. The zero-order valence-electron chi connectivity index (χ0n) is 26.3. The molecular formula is C36H40ClN3O7. The van der Waals surface area contributed by atoms with Gasteiger partial charge in [-0.1, -0.05) is 66.2 Å². The van der Waals surface area contributed by atoms with Crippen molar-refractivity contribution in [3.05, 3.63) is 89.5 Å². The zero-order valence-corrected chi connectivity index (χ0v) is 27.1. The Labute approximate surface area is 279 Å². The molecule has 0 aliphatic carbocycles. The number of hydrogen-bond acceptors (Lipinski definition) is 7. The Morgan fingerprint density at radius 1 is 0.979 bits per heavy atom. The summed E-state index contributed by atoms with van der Waals surface area (Å²) in [5.74, 6) is -3.48. The van der Waals surface area contributed by atoms with Crippen LogP contribution >= 0.6 is 11.6 Å². The second-order valence-electron chi connectivity index (χ2n) is 12.6. The van der Waals surface area contributed by atoms with E-state index in [1.807, 2.05) is 42.5 Å². The van der Waals surface area contributed by atoms with Crippen molar-refractivity contribution in [2.45, 2.75) is 68.9 Å².